The number of piperazine rings is 1. The summed E-state index contributed by atoms with van der Waals surface area (Å²) in [4.78, 5) is 2.60. The topological polar surface area (TPSA) is 24.5 Å². The fourth-order valence-electron chi connectivity index (χ4n) is 3.28. The number of rotatable bonds is 6. The van der Waals surface area contributed by atoms with Crippen LogP contribution in [0.4, 0.5) is 0 Å². The monoisotopic (exact) mass is 274 g/mol. The first-order chi connectivity index (χ1) is 9.76. The summed E-state index contributed by atoms with van der Waals surface area (Å²) in [6.07, 6.45) is 3.93. The van der Waals surface area contributed by atoms with Gasteiger partial charge in [0.15, 0.2) is 0 Å². The predicted molar refractivity (Wildman–Crippen MR) is 82.1 cm³/mol. The zero-order valence-corrected chi connectivity index (χ0v) is 12.5. The van der Waals surface area contributed by atoms with Gasteiger partial charge in [-0.3, -0.25) is 0 Å². The molecule has 0 spiro atoms. The van der Waals surface area contributed by atoms with Crippen LogP contribution in [0, 0.1) is 5.92 Å². The minimum absolute atomic E-state index is 0.360. The number of benzene rings is 1. The lowest BCUT2D eigenvalue weighted by Gasteiger charge is -2.42. The van der Waals surface area contributed by atoms with Crippen LogP contribution < -0.4 is 10.1 Å². The number of hydrogen-bond donors (Lipinski definition) is 1. The van der Waals surface area contributed by atoms with Gasteiger partial charge in [0.25, 0.3) is 0 Å². The number of nitrogens with one attached hydrogen (secondary N) is 1. The van der Waals surface area contributed by atoms with E-state index in [1.807, 2.05) is 30.3 Å². The van der Waals surface area contributed by atoms with Crippen molar-refractivity contribution in [2.75, 3.05) is 32.8 Å². The van der Waals surface area contributed by atoms with Crippen molar-refractivity contribution < 1.29 is 4.74 Å². The molecule has 3 nitrogen and oxygen atoms in total. The standard InChI is InChI=1S/C17H26N2O/c1-17(15-8-9-15)14-19(12-10-18-17)11-5-13-20-16-6-3-2-4-7-16/h2-4,6-7,15,18H,5,8-14H2,1H3. The highest BCUT2D eigenvalue weighted by atomic mass is 16.5. The Bertz CT molecular complexity index is 418. The Labute approximate surface area is 122 Å². The van der Waals surface area contributed by atoms with Crippen LogP contribution in [0.2, 0.25) is 0 Å². The maximum Gasteiger partial charge on any atom is 0.119 e. The SMILES string of the molecule is CC1(C2CC2)CN(CCCOc2ccccc2)CCN1. The molecule has 3 rings (SSSR count). The van der Waals surface area contributed by atoms with Crippen LogP contribution in [0.5, 0.6) is 5.75 Å². The molecule has 1 N–H and O–H groups in total. The van der Waals surface area contributed by atoms with Crippen molar-refractivity contribution in [2.24, 2.45) is 5.92 Å². The van der Waals surface area contributed by atoms with E-state index in [1.54, 1.807) is 0 Å². The number of hydrogen-bond acceptors (Lipinski definition) is 3. The molecule has 0 aromatic heterocycles. The van der Waals surface area contributed by atoms with E-state index >= 15 is 0 Å². The Hall–Kier alpha value is -1.06. The van der Waals surface area contributed by atoms with Gasteiger partial charge in [0.1, 0.15) is 5.75 Å². The molecule has 110 valence electrons. The Morgan fingerprint density at radius 1 is 1.30 bits per heavy atom. The molecule has 1 saturated heterocycles. The lowest BCUT2D eigenvalue weighted by atomic mass is 9.93. The Balaban J connectivity index is 1.38. The lowest BCUT2D eigenvalue weighted by Crippen LogP contribution is -2.60. The second kappa shape index (κ2) is 6.15. The van der Waals surface area contributed by atoms with Gasteiger partial charge in [-0.2, -0.15) is 0 Å². The van der Waals surface area contributed by atoms with Gasteiger partial charge in [0.2, 0.25) is 0 Å². The maximum atomic E-state index is 5.77. The minimum Gasteiger partial charge on any atom is -0.494 e. The minimum atomic E-state index is 0.360. The Morgan fingerprint density at radius 2 is 2.10 bits per heavy atom. The second-order valence-corrected chi connectivity index (χ2v) is 6.41. The van der Waals surface area contributed by atoms with Crippen molar-refractivity contribution in [1.82, 2.24) is 10.2 Å². The van der Waals surface area contributed by atoms with Gasteiger partial charge in [-0.25, -0.2) is 0 Å². The van der Waals surface area contributed by atoms with Gasteiger partial charge in [-0.1, -0.05) is 18.2 Å². The molecule has 0 amide bonds. The van der Waals surface area contributed by atoms with E-state index in [0.29, 0.717) is 5.54 Å². The number of ether oxygens (including phenoxy) is 1. The van der Waals surface area contributed by atoms with E-state index in [1.165, 1.54) is 25.9 Å². The van der Waals surface area contributed by atoms with Crippen molar-refractivity contribution in [3.05, 3.63) is 30.3 Å². The molecular weight excluding hydrogens is 248 g/mol. The summed E-state index contributed by atoms with van der Waals surface area (Å²) >= 11 is 0. The highest BCUT2D eigenvalue weighted by Gasteiger charge is 2.43. The molecule has 1 unspecified atom stereocenters. The van der Waals surface area contributed by atoms with Gasteiger partial charge < -0.3 is 15.0 Å². The molecule has 1 aromatic rings. The highest BCUT2D eigenvalue weighted by molar-refractivity contribution is 5.20. The van der Waals surface area contributed by atoms with Gasteiger partial charge in [0.05, 0.1) is 6.61 Å². The van der Waals surface area contributed by atoms with Gasteiger partial charge in [0, 0.05) is 31.7 Å². The molecule has 1 heterocycles. The fourth-order valence-corrected chi connectivity index (χ4v) is 3.28. The maximum absolute atomic E-state index is 5.77. The predicted octanol–water partition coefficient (Wildman–Crippen LogP) is 2.53. The molecule has 1 aromatic carbocycles. The molecular formula is C17H26N2O. The molecule has 20 heavy (non-hydrogen) atoms. The molecule has 1 saturated carbocycles. The third-order valence-corrected chi connectivity index (χ3v) is 4.62. The fraction of sp³-hybridized carbons (Fsp3) is 0.647. The average molecular weight is 274 g/mol. The second-order valence-electron chi connectivity index (χ2n) is 6.41. The molecule has 2 aliphatic rings. The summed E-state index contributed by atoms with van der Waals surface area (Å²) in [5, 5.41) is 3.73. The van der Waals surface area contributed by atoms with E-state index in [4.69, 9.17) is 4.74 Å². The van der Waals surface area contributed by atoms with Crippen LogP contribution in [0.3, 0.4) is 0 Å². The van der Waals surface area contributed by atoms with Crippen molar-refractivity contribution in [1.29, 1.82) is 0 Å². The molecule has 3 heteroatoms. The Kier molecular flexibility index (Phi) is 4.27. The van der Waals surface area contributed by atoms with E-state index in [0.717, 1.165) is 37.8 Å². The van der Waals surface area contributed by atoms with Crippen molar-refractivity contribution in [3.8, 4) is 5.75 Å². The molecule has 0 radical (unpaired) electrons. The molecule has 1 aliphatic carbocycles. The van der Waals surface area contributed by atoms with Gasteiger partial charge in [-0.05, 0) is 44.2 Å². The zero-order chi connectivity index (χ0) is 13.8. The average Bonchev–Trinajstić information content (AvgIpc) is 3.30. The molecule has 1 atom stereocenters. The molecule has 1 aliphatic heterocycles. The normalized spacial score (nSPS) is 27.4. The third kappa shape index (κ3) is 3.53. The smallest absolute Gasteiger partial charge is 0.119 e. The zero-order valence-electron chi connectivity index (χ0n) is 12.5. The first kappa shape index (κ1) is 13.9. The van der Waals surface area contributed by atoms with Crippen LogP contribution in [0.15, 0.2) is 30.3 Å². The first-order valence-electron chi connectivity index (χ1n) is 7.91. The summed E-state index contributed by atoms with van der Waals surface area (Å²) in [5.74, 6) is 1.89. The van der Waals surface area contributed by atoms with Crippen molar-refractivity contribution >= 4 is 0 Å². The third-order valence-electron chi connectivity index (χ3n) is 4.62. The largest absolute Gasteiger partial charge is 0.494 e. The van der Waals surface area contributed by atoms with E-state index in [-0.39, 0.29) is 0 Å². The van der Waals surface area contributed by atoms with Crippen molar-refractivity contribution in [3.63, 3.8) is 0 Å². The quantitative estimate of drug-likeness (QED) is 0.807. The summed E-state index contributed by atoms with van der Waals surface area (Å²) in [7, 11) is 0. The summed E-state index contributed by atoms with van der Waals surface area (Å²) in [6.45, 7) is 7.87. The van der Waals surface area contributed by atoms with Crippen LogP contribution in [-0.2, 0) is 0 Å². The number of para-hydroxylation sites is 1. The summed E-state index contributed by atoms with van der Waals surface area (Å²) in [6, 6.07) is 10.1. The highest BCUT2D eigenvalue weighted by Crippen LogP contribution is 2.40. The lowest BCUT2D eigenvalue weighted by molar-refractivity contribution is 0.120. The van der Waals surface area contributed by atoms with Crippen LogP contribution >= 0.6 is 0 Å². The van der Waals surface area contributed by atoms with E-state index in [2.05, 4.69) is 17.1 Å². The van der Waals surface area contributed by atoms with Crippen LogP contribution in [0.1, 0.15) is 26.2 Å². The van der Waals surface area contributed by atoms with E-state index < -0.39 is 0 Å². The summed E-state index contributed by atoms with van der Waals surface area (Å²) < 4.78 is 5.77. The summed E-state index contributed by atoms with van der Waals surface area (Å²) in [5.41, 5.74) is 0.360. The van der Waals surface area contributed by atoms with Gasteiger partial charge in [-0.15, -0.1) is 0 Å². The number of nitrogens with zero attached hydrogens (tertiary/aromatic N) is 1. The molecule has 2 fully saturated rings. The first-order valence-corrected chi connectivity index (χ1v) is 7.91. The Morgan fingerprint density at radius 3 is 2.85 bits per heavy atom. The van der Waals surface area contributed by atoms with Crippen LogP contribution in [0.25, 0.3) is 0 Å². The van der Waals surface area contributed by atoms with Gasteiger partial charge >= 0.3 is 0 Å². The van der Waals surface area contributed by atoms with Crippen LogP contribution in [-0.4, -0.2) is 43.2 Å². The van der Waals surface area contributed by atoms with E-state index in [9.17, 15) is 0 Å². The molecule has 0 bridgehead atoms. The van der Waals surface area contributed by atoms with Crippen molar-refractivity contribution in [2.45, 2.75) is 31.7 Å².